The van der Waals surface area contributed by atoms with E-state index in [-0.39, 0.29) is 27.2 Å². The van der Waals surface area contributed by atoms with Gasteiger partial charge in [-0.3, -0.25) is 4.79 Å². The number of ketones is 1. The monoisotopic (exact) mass is 475 g/mol. The van der Waals surface area contributed by atoms with Crippen molar-refractivity contribution in [1.29, 1.82) is 0 Å². The molecule has 29 heavy (non-hydrogen) atoms. The second-order valence-electron chi connectivity index (χ2n) is 6.86. The fourth-order valence-corrected chi connectivity index (χ4v) is 6.15. The molecule has 0 aliphatic carbocycles. The van der Waals surface area contributed by atoms with Gasteiger partial charge in [0.25, 0.3) is 0 Å². The third-order valence-electron chi connectivity index (χ3n) is 4.59. The van der Waals surface area contributed by atoms with Gasteiger partial charge in [-0.05, 0) is 49.1 Å². The van der Waals surface area contributed by atoms with E-state index in [1.165, 1.54) is 22.5 Å². The predicted molar refractivity (Wildman–Crippen MR) is 113 cm³/mol. The summed E-state index contributed by atoms with van der Waals surface area (Å²) < 4.78 is 32.9. The summed E-state index contributed by atoms with van der Waals surface area (Å²) in [6, 6.07) is 7.05. The first-order valence-electron chi connectivity index (χ1n) is 8.94. The van der Waals surface area contributed by atoms with Crippen LogP contribution in [0.25, 0.3) is 0 Å². The molecule has 1 atom stereocenters. The van der Waals surface area contributed by atoms with Crippen LogP contribution in [0.2, 0.25) is 9.36 Å². The fraction of sp³-hybridized carbons (Fsp3) is 0.368. The highest BCUT2D eigenvalue weighted by Gasteiger charge is 2.31. The van der Waals surface area contributed by atoms with Crippen molar-refractivity contribution in [1.82, 2.24) is 4.31 Å². The lowest BCUT2D eigenvalue weighted by atomic mass is 10.0. The molecule has 2 aromatic rings. The van der Waals surface area contributed by atoms with Gasteiger partial charge in [-0.2, -0.15) is 4.31 Å². The lowest BCUT2D eigenvalue weighted by Crippen LogP contribution is -2.39. The van der Waals surface area contributed by atoms with Gasteiger partial charge in [-0.25, -0.2) is 13.2 Å². The zero-order valence-corrected chi connectivity index (χ0v) is 18.7. The van der Waals surface area contributed by atoms with Crippen molar-refractivity contribution in [3.63, 3.8) is 0 Å². The van der Waals surface area contributed by atoms with Crippen LogP contribution in [0.15, 0.2) is 35.2 Å². The van der Waals surface area contributed by atoms with Gasteiger partial charge in [-0.1, -0.05) is 30.1 Å². The van der Waals surface area contributed by atoms with Crippen molar-refractivity contribution in [3.8, 4) is 0 Å². The maximum atomic E-state index is 13.0. The number of piperidine rings is 1. The lowest BCUT2D eigenvalue weighted by Gasteiger charge is -2.30. The van der Waals surface area contributed by atoms with E-state index in [9.17, 15) is 18.0 Å². The summed E-state index contributed by atoms with van der Waals surface area (Å²) in [4.78, 5) is 24.7. The van der Waals surface area contributed by atoms with Gasteiger partial charge >= 0.3 is 5.97 Å². The Morgan fingerprint density at radius 2 is 2.00 bits per heavy atom. The summed E-state index contributed by atoms with van der Waals surface area (Å²) >= 11 is 13.0. The first-order chi connectivity index (χ1) is 13.7. The molecule has 10 heteroatoms. The van der Waals surface area contributed by atoms with Crippen molar-refractivity contribution in [3.05, 3.63) is 50.1 Å². The van der Waals surface area contributed by atoms with Crippen LogP contribution in [-0.2, 0) is 14.8 Å². The van der Waals surface area contributed by atoms with Crippen LogP contribution in [0.5, 0.6) is 0 Å². The molecular weight excluding hydrogens is 457 g/mol. The molecule has 0 amide bonds. The minimum absolute atomic E-state index is 0.00930. The molecule has 1 aliphatic heterocycles. The molecule has 156 valence electrons. The summed E-state index contributed by atoms with van der Waals surface area (Å²) in [6.45, 7) is 2.35. The van der Waals surface area contributed by atoms with Gasteiger partial charge in [0, 0.05) is 13.1 Å². The lowest BCUT2D eigenvalue weighted by molar-refractivity contribution is 0.0475. The maximum Gasteiger partial charge on any atom is 0.338 e. The second-order valence-corrected chi connectivity index (χ2v) is 10.9. The first kappa shape index (κ1) is 22.2. The normalized spacial score (nSPS) is 17.8. The molecule has 0 N–H and O–H groups in total. The van der Waals surface area contributed by atoms with Gasteiger partial charge in [0.2, 0.25) is 15.8 Å². The number of carbonyl (C=O) groups excluding carboxylic acids is 2. The van der Waals surface area contributed by atoms with E-state index in [2.05, 4.69) is 0 Å². The number of rotatable bonds is 6. The number of sulfonamides is 1. The zero-order chi connectivity index (χ0) is 21.2. The Labute approximate surface area is 183 Å². The number of hydrogen-bond donors (Lipinski definition) is 0. The molecule has 1 fully saturated rings. The highest BCUT2D eigenvalue weighted by Crippen LogP contribution is 2.29. The number of ether oxygens (including phenoxy) is 1. The summed E-state index contributed by atoms with van der Waals surface area (Å²) in [5.74, 6) is -0.942. The van der Waals surface area contributed by atoms with Gasteiger partial charge < -0.3 is 4.74 Å². The molecule has 1 aromatic heterocycles. The third kappa shape index (κ3) is 5.19. The van der Waals surface area contributed by atoms with Crippen molar-refractivity contribution in [2.75, 3.05) is 19.7 Å². The molecule has 0 radical (unpaired) electrons. The van der Waals surface area contributed by atoms with Crippen LogP contribution < -0.4 is 0 Å². The number of halogens is 2. The summed E-state index contributed by atoms with van der Waals surface area (Å²) in [5, 5.41) is 0.0316. The minimum Gasteiger partial charge on any atom is -0.454 e. The first-order valence-corrected chi connectivity index (χ1v) is 11.9. The van der Waals surface area contributed by atoms with Gasteiger partial charge in [0.05, 0.1) is 19.8 Å². The van der Waals surface area contributed by atoms with Crippen molar-refractivity contribution >= 4 is 56.3 Å². The summed E-state index contributed by atoms with van der Waals surface area (Å²) in [6.07, 6.45) is 1.74. The second kappa shape index (κ2) is 9.14. The van der Waals surface area contributed by atoms with Crippen molar-refractivity contribution in [2.24, 2.45) is 5.92 Å². The highest BCUT2D eigenvalue weighted by molar-refractivity contribution is 7.89. The number of hydrogen-bond acceptors (Lipinski definition) is 6. The molecule has 0 spiro atoms. The van der Waals surface area contributed by atoms with E-state index >= 15 is 0 Å². The van der Waals surface area contributed by atoms with Gasteiger partial charge in [0.15, 0.2) is 6.61 Å². The van der Waals surface area contributed by atoms with Gasteiger partial charge in [-0.15, -0.1) is 11.3 Å². The van der Waals surface area contributed by atoms with E-state index in [0.717, 1.165) is 24.2 Å². The van der Waals surface area contributed by atoms with Crippen LogP contribution in [0, 0.1) is 5.92 Å². The highest BCUT2D eigenvalue weighted by atomic mass is 35.5. The minimum atomic E-state index is -3.84. The number of carbonyl (C=O) groups is 2. The van der Waals surface area contributed by atoms with Crippen LogP contribution in [0.3, 0.4) is 0 Å². The number of Topliss-reactive ketones (excluding diaryl/α,β-unsaturated/α-hetero) is 1. The molecule has 6 nitrogen and oxygen atoms in total. The van der Waals surface area contributed by atoms with Crippen molar-refractivity contribution < 1.29 is 22.7 Å². The maximum absolute atomic E-state index is 13.0. The molecule has 3 rings (SSSR count). The Kier molecular flexibility index (Phi) is 7.01. The average Bonchev–Trinajstić information content (AvgIpc) is 3.12. The van der Waals surface area contributed by atoms with Crippen LogP contribution in [0.1, 0.15) is 39.8 Å². The number of nitrogens with zero attached hydrogens (tertiary/aromatic N) is 1. The van der Waals surface area contributed by atoms with E-state index in [1.807, 2.05) is 6.92 Å². The molecule has 1 aromatic carbocycles. The largest absolute Gasteiger partial charge is 0.454 e. The number of esters is 1. The zero-order valence-electron chi connectivity index (χ0n) is 15.6. The standard InChI is InChI=1S/C19H19Cl2NO5S2/c1-12-3-2-8-22(10-12)29(25,26)17-9-13(4-5-14(17)20)19(24)27-11-15(23)16-6-7-18(21)28-16/h4-7,9,12H,2-3,8,10-11H2,1H3. The number of benzene rings is 1. The molecular formula is C19H19Cl2NO5S2. The predicted octanol–water partition coefficient (Wildman–Crippen LogP) is 4.52. The van der Waals surface area contributed by atoms with E-state index in [4.69, 9.17) is 27.9 Å². The smallest absolute Gasteiger partial charge is 0.338 e. The molecule has 2 heterocycles. The van der Waals surface area contributed by atoms with Crippen LogP contribution in [0.4, 0.5) is 0 Å². The van der Waals surface area contributed by atoms with E-state index in [0.29, 0.717) is 22.3 Å². The average molecular weight is 476 g/mol. The van der Waals surface area contributed by atoms with E-state index in [1.54, 1.807) is 12.1 Å². The molecule has 0 bridgehead atoms. The fourth-order valence-electron chi connectivity index (χ4n) is 3.08. The van der Waals surface area contributed by atoms with Crippen molar-refractivity contribution in [2.45, 2.75) is 24.7 Å². The summed E-state index contributed by atoms with van der Waals surface area (Å²) in [5.41, 5.74) is 0.00930. The number of thiophene rings is 1. The quantitative estimate of drug-likeness (QED) is 0.453. The molecule has 1 aliphatic rings. The summed E-state index contributed by atoms with van der Waals surface area (Å²) in [7, 11) is -3.84. The Hall–Kier alpha value is -1.45. The topological polar surface area (TPSA) is 80.8 Å². The Morgan fingerprint density at radius 3 is 2.66 bits per heavy atom. The Balaban J connectivity index is 1.75. The van der Waals surface area contributed by atoms with Crippen LogP contribution in [-0.4, -0.2) is 44.2 Å². The molecule has 0 saturated carbocycles. The Bertz CT molecular complexity index is 1030. The Morgan fingerprint density at radius 1 is 1.24 bits per heavy atom. The van der Waals surface area contributed by atoms with Crippen LogP contribution >= 0.6 is 34.5 Å². The third-order valence-corrected chi connectivity index (χ3v) is 8.21. The van der Waals surface area contributed by atoms with E-state index < -0.39 is 22.6 Å². The SMILES string of the molecule is CC1CCCN(S(=O)(=O)c2cc(C(=O)OCC(=O)c3ccc(Cl)s3)ccc2Cl)C1. The molecule has 1 unspecified atom stereocenters. The van der Waals surface area contributed by atoms with Gasteiger partial charge in [0.1, 0.15) is 4.90 Å². The molecule has 1 saturated heterocycles.